The molecule has 3 aromatic rings. The highest BCUT2D eigenvalue weighted by atomic mass is 35.5. The Bertz CT molecular complexity index is 1070. The van der Waals surface area contributed by atoms with E-state index in [4.69, 9.17) is 11.6 Å². The van der Waals surface area contributed by atoms with E-state index in [2.05, 4.69) is 15.3 Å². The van der Waals surface area contributed by atoms with Gasteiger partial charge >= 0.3 is 0 Å². The molecule has 1 amide bonds. The summed E-state index contributed by atoms with van der Waals surface area (Å²) in [5.41, 5.74) is 0.982. The van der Waals surface area contributed by atoms with Crippen molar-refractivity contribution in [2.45, 2.75) is 43.6 Å². The molecule has 2 aromatic heterocycles. The van der Waals surface area contributed by atoms with Crippen molar-refractivity contribution in [1.82, 2.24) is 14.5 Å². The van der Waals surface area contributed by atoms with E-state index in [0.29, 0.717) is 21.7 Å². The van der Waals surface area contributed by atoms with E-state index in [9.17, 15) is 9.59 Å². The summed E-state index contributed by atoms with van der Waals surface area (Å²) in [5, 5.41) is 3.62. The number of fused-ring (bicyclic) bond motifs is 1. The summed E-state index contributed by atoms with van der Waals surface area (Å²) in [6.07, 6.45) is 2.33. The third kappa shape index (κ3) is 4.20. The van der Waals surface area contributed by atoms with Crippen molar-refractivity contribution >= 4 is 45.9 Å². The van der Waals surface area contributed by atoms with Gasteiger partial charge in [-0.2, -0.15) is 0 Å². The standard InChI is InChI=1S/C20H21ClN4O2S/c1-4-12(2)25-19(27)14-8-5-6-9-15(14)24-20(25)28-13(3)18(26)23-16-10-7-11-22-17(16)21/h5-13H,4H2,1-3H3,(H,23,26)/t12-,13+/m1/s1. The number of nitrogens with one attached hydrogen (secondary N) is 1. The topological polar surface area (TPSA) is 76.9 Å². The molecule has 0 aliphatic carbocycles. The summed E-state index contributed by atoms with van der Waals surface area (Å²) in [6.45, 7) is 5.76. The minimum Gasteiger partial charge on any atom is -0.322 e. The van der Waals surface area contributed by atoms with E-state index in [1.807, 2.05) is 32.0 Å². The molecule has 8 heteroatoms. The first-order valence-electron chi connectivity index (χ1n) is 9.01. The maximum atomic E-state index is 13.0. The fraction of sp³-hybridized carbons (Fsp3) is 0.300. The molecular formula is C20H21ClN4O2S. The minimum absolute atomic E-state index is 0.0323. The molecule has 0 fully saturated rings. The zero-order valence-corrected chi connectivity index (χ0v) is 17.4. The summed E-state index contributed by atoms with van der Waals surface area (Å²) in [5.74, 6) is -0.238. The molecule has 2 heterocycles. The number of benzene rings is 1. The number of anilines is 1. The van der Waals surface area contributed by atoms with Crippen LogP contribution in [0.2, 0.25) is 5.15 Å². The van der Waals surface area contributed by atoms with Crippen molar-refractivity contribution in [2.24, 2.45) is 0 Å². The first-order valence-corrected chi connectivity index (χ1v) is 10.3. The van der Waals surface area contributed by atoms with E-state index in [1.54, 1.807) is 35.9 Å². The van der Waals surface area contributed by atoms with Crippen LogP contribution in [0.1, 0.15) is 33.2 Å². The monoisotopic (exact) mass is 416 g/mol. The van der Waals surface area contributed by atoms with E-state index in [1.165, 1.54) is 11.8 Å². The normalized spacial score (nSPS) is 13.3. The molecule has 1 N–H and O–H groups in total. The van der Waals surface area contributed by atoms with Crippen LogP contribution >= 0.6 is 23.4 Å². The second kappa shape index (κ2) is 8.75. The van der Waals surface area contributed by atoms with Crippen LogP contribution in [0.15, 0.2) is 52.5 Å². The predicted molar refractivity (Wildman–Crippen MR) is 114 cm³/mol. The van der Waals surface area contributed by atoms with E-state index in [0.717, 1.165) is 6.42 Å². The number of carbonyl (C=O) groups excluding carboxylic acids is 1. The molecule has 3 rings (SSSR count). The largest absolute Gasteiger partial charge is 0.322 e. The SMILES string of the molecule is CC[C@@H](C)n1c(S[C@@H](C)C(=O)Nc2cccnc2Cl)nc2ccccc2c1=O. The first kappa shape index (κ1) is 20.4. The number of hydrogen-bond acceptors (Lipinski definition) is 5. The average Bonchev–Trinajstić information content (AvgIpc) is 2.69. The van der Waals surface area contributed by atoms with Gasteiger partial charge in [0.25, 0.3) is 5.56 Å². The van der Waals surface area contributed by atoms with Gasteiger partial charge in [0.2, 0.25) is 5.91 Å². The van der Waals surface area contributed by atoms with Gasteiger partial charge in [-0.25, -0.2) is 9.97 Å². The first-order chi connectivity index (χ1) is 13.4. The van der Waals surface area contributed by atoms with Crippen LogP contribution in [-0.4, -0.2) is 25.7 Å². The lowest BCUT2D eigenvalue weighted by Crippen LogP contribution is -2.28. The Morgan fingerprint density at radius 3 is 2.71 bits per heavy atom. The van der Waals surface area contributed by atoms with Crippen LogP contribution < -0.4 is 10.9 Å². The Labute approximate surface area is 172 Å². The highest BCUT2D eigenvalue weighted by Gasteiger charge is 2.22. The molecule has 0 unspecified atom stereocenters. The average molecular weight is 417 g/mol. The zero-order valence-electron chi connectivity index (χ0n) is 15.8. The van der Waals surface area contributed by atoms with Crippen molar-refractivity contribution in [3.05, 3.63) is 58.1 Å². The summed E-state index contributed by atoms with van der Waals surface area (Å²) >= 11 is 7.27. The van der Waals surface area contributed by atoms with Gasteiger partial charge in [-0.05, 0) is 44.5 Å². The number of nitrogens with zero attached hydrogens (tertiary/aromatic N) is 3. The number of halogens is 1. The lowest BCUT2D eigenvalue weighted by molar-refractivity contribution is -0.115. The molecule has 1 aromatic carbocycles. The quantitative estimate of drug-likeness (QED) is 0.362. The number of rotatable bonds is 6. The fourth-order valence-electron chi connectivity index (χ4n) is 2.71. The van der Waals surface area contributed by atoms with Gasteiger partial charge in [0, 0.05) is 12.2 Å². The van der Waals surface area contributed by atoms with Gasteiger partial charge in [-0.3, -0.25) is 14.2 Å². The Kier molecular flexibility index (Phi) is 6.36. The van der Waals surface area contributed by atoms with Gasteiger partial charge in [-0.1, -0.05) is 42.4 Å². The van der Waals surface area contributed by atoms with Gasteiger partial charge in [-0.15, -0.1) is 0 Å². The Hall–Kier alpha value is -2.38. The molecule has 0 spiro atoms. The van der Waals surface area contributed by atoms with Crippen LogP contribution in [0, 0.1) is 0 Å². The van der Waals surface area contributed by atoms with E-state index in [-0.39, 0.29) is 22.7 Å². The van der Waals surface area contributed by atoms with Crippen LogP contribution in [0.5, 0.6) is 0 Å². The van der Waals surface area contributed by atoms with Gasteiger partial charge in [0.1, 0.15) is 0 Å². The van der Waals surface area contributed by atoms with E-state index >= 15 is 0 Å². The molecule has 0 bridgehead atoms. The lowest BCUT2D eigenvalue weighted by atomic mass is 10.2. The van der Waals surface area contributed by atoms with Crippen LogP contribution in [0.4, 0.5) is 5.69 Å². The van der Waals surface area contributed by atoms with Gasteiger partial charge in [0.05, 0.1) is 21.8 Å². The third-order valence-corrected chi connectivity index (χ3v) is 5.84. The number of thioether (sulfide) groups is 1. The fourth-order valence-corrected chi connectivity index (χ4v) is 3.88. The Morgan fingerprint density at radius 2 is 2.00 bits per heavy atom. The number of pyridine rings is 1. The molecule has 2 atom stereocenters. The van der Waals surface area contributed by atoms with Crippen molar-refractivity contribution in [2.75, 3.05) is 5.32 Å². The van der Waals surface area contributed by atoms with Crippen molar-refractivity contribution in [1.29, 1.82) is 0 Å². The zero-order chi connectivity index (χ0) is 20.3. The molecule has 146 valence electrons. The number of aromatic nitrogens is 3. The third-order valence-electron chi connectivity index (χ3n) is 4.48. The minimum atomic E-state index is -0.486. The second-order valence-corrected chi connectivity index (χ2v) is 8.10. The number of amides is 1. The van der Waals surface area contributed by atoms with E-state index < -0.39 is 5.25 Å². The number of para-hydroxylation sites is 1. The van der Waals surface area contributed by atoms with Crippen molar-refractivity contribution in [3.8, 4) is 0 Å². The van der Waals surface area contributed by atoms with Gasteiger partial charge in [0.15, 0.2) is 10.3 Å². The molecular weight excluding hydrogens is 396 g/mol. The molecule has 0 saturated carbocycles. The van der Waals surface area contributed by atoms with Crippen molar-refractivity contribution < 1.29 is 4.79 Å². The molecule has 6 nitrogen and oxygen atoms in total. The summed E-state index contributed by atoms with van der Waals surface area (Å²) in [7, 11) is 0. The maximum Gasteiger partial charge on any atom is 0.262 e. The number of carbonyl (C=O) groups is 1. The second-order valence-electron chi connectivity index (χ2n) is 6.44. The molecule has 0 aliphatic rings. The molecule has 0 saturated heterocycles. The van der Waals surface area contributed by atoms with Crippen LogP contribution in [0.3, 0.4) is 0 Å². The highest BCUT2D eigenvalue weighted by Crippen LogP contribution is 2.27. The van der Waals surface area contributed by atoms with Crippen LogP contribution in [-0.2, 0) is 4.79 Å². The summed E-state index contributed by atoms with van der Waals surface area (Å²) in [4.78, 5) is 34.3. The summed E-state index contributed by atoms with van der Waals surface area (Å²) < 4.78 is 1.67. The lowest BCUT2D eigenvalue weighted by Gasteiger charge is -2.20. The molecule has 28 heavy (non-hydrogen) atoms. The smallest absolute Gasteiger partial charge is 0.262 e. The molecule has 0 radical (unpaired) electrons. The number of hydrogen-bond donors (Lipinski definition) is 1. The van der Waals surface area contributed by atoms with Gasteiger partial charge < -0.3 is 5.32 Å². The highest BCUT2D eigenvalue weighted by molar-refractivity contribution is 8.00. The van der Waals surface area contributed by atoms with Crippen molar-refractivity contribution in [3.63, 3.8) is 0 Å². The summed E-state index contributed by atoms with van der Waals surface area (Å²) in [6, 6.07) is 10.6. The Morgan fingerprint density at radius 1 is 1.25 bits per heavy atom. The predicted octanol–water partition coefficient (Wildman–Crippen LogP) is 4.54. The Balaban J connectivity index is 1.93. The maximum absolute atomic E-state index is 13.0. The van der Waals surface area contributed by atoms with Crippen LogP contribution in [0.25, 0.3) is 10.9 Å². The molecule has 0 aliphatic heterocycles.